The number of rotatable bonds is 4. The van der Waals surface area contributed by atoms with Crippen molar-refractivity contribution >= 4 is 16.7 Å². The van der Waals surface area contributed by atoms with E-state index in [1.54, 1.807) is 18.6 Å². The van der Waals surface area contributed by atoms with Crippen LogP contribution in [0.1, 0.15) is 18.7 Å². The fourth-order valence-corrected chi connectivity index (χ4v) is 2.73. The van der Waals surface area contributed by atoms with E-state index in [-0.39, 0.29) is 6.04 Å². The zero-order valence-electron chi connectivity index (χ0n) is 13.8. The summed E-state index contributed by atoms with van der Waals surface area (Å²) < 4.78 is 0. The van der Waals surface area contributed by atoms with Gasteiger partial charge in [0.1, 0.15) is 5.82 Å². The summed E-state index contributed by atoms with van der Waals surface area (Å²) in [5.74, 6) is 1.48. The summed E-state index contributed by atoms with van der Waals surface area (Å²) >= 11 is 0. The number of anilines is 1. The van der Waals surface area contributed by atoms with Crippen LogP contribution in [0.2, 0.25) is 0 Å². The van der Waals surface area contributed by atoms with Crippen molar-refractivity contribution in [1.82, 2.24) is 19.9 Å². The molecule has 25 heavy (non-hydrogen) atoms. The first-order chi connectivity index (χ1) is 12.3. The lowest BCUT2D eigenvalue weighted by molar-refractivity contribution is 0.833. The number of fused-ring (bicyclic) bond motifs is 1. The van der Waals surface area contributed by atoms with Crippen LogP contribution in [0.15, 0.2) is 73.2 Å². The van der Waals surface area contributed by atoms with Crippen LogP contribution in [0.3, 0.4) is 0 Å². The van der Waals surface area contributed by atoms with Gasteiger partial charge in [-0.05, 0) is 43.3 Å². The van der Waals surface area contributed by atoms with Crippen LogP contribution < -0.4 is 5.32 Å². The second-order valence-electron chi connectivity index (χ2n) is 5.77. The van der Waals surface area contributed by atoms with Gasteiger partial charge in [-0.3, -0.25) is 9.97 Å². The fraction of sp³-hybridized carbons (Fsp3) is 0.100. The van der Waals surface area contributed by atoms with E-state index in [0.717, 1.165) is 28.0 Å². The highest BCUT2D eigenvalue weighted by Crippen LogP contribution is 2.27. The van der Waals surface area contributed by atoms with Gasteiger partial charge in [-0.15, -0.1) is 0 Å². The van der Waals surface area contributed by atoms with Crippen LogP contribution in [-0.2, 0) is 0 Å². The Morgan fingerprint density at radius 2 is 1.64 bits per heavy atom. The summed E-state index contributed by atoms with van der Waals surface area (Å²) in [7, 11) is 0. The molecule has 0 amide bonds. The molecular formula is C20H17N5. The Morgan fingerprint density at radius 3 is 2.44 bits per heavy atom. The third kappa shape index (κ3) is 3.17. The topological polar surface area (TPSA) is 63.6 Å². The molecule has 1 aromatic carbocycles. The van der Waals surface area contributed by atoms with Gasteiger partial charge in [-0.2, -0.15) is 0 Å². The molecule has 4 aromatic rings. The lowest BCUT2D eigenvalue weighted by Gasteiger charge is -2.16. The second-order valence-corrected chi connectivity index (χ2v) is 5.77. The molecule has 1 atom stereocenters. The molecule has 3 heterocycles. The van der Waals surface area contributed by atoms with E-state index in [9.17, 15) is 0 Å². The highest BCUT2D eigenvalue weighted by molar-refractivity contribution is 5.90. The van der Waals surface area contributed by atoms with Gasteiger partial charge >= 0.3 is 0 Å². The fourth-order valence-electron chi connectivity index (χ4n) is 2.73. The minimum Gasteiger partial charge on any atom is -0.361 e. The van der Waals surface area contributed by atoms with Gasteiger partial charge in [0, 0.05) is 29.5 Å². The van der Waals surface area contributed by atoms with E-state index < -0.39 is 0 Å². The molecule has 5 nitrogen and oxygen atoms in total. The molecule has 1 N–H and O–H groups in total. The van der Waals surface area contributed by atoms with Crippen molar-refractivity contribution < 1.29 is 0 Å². The molecule has 4 rings (SSSR count). The van der Waals surface area contributed by atoms with Gasteiger partial charge in [-0.25, -0.2) is 9.97 Å². The monoisotopic (exact) mass is 327 g/mol. The smallest absolute Gasteiger partial charge is 0.162 e. The van der Waals surface area contributed by atoms with Crippen molar-refractivity contribution in [3.63, 3.8) is 0 Å². The van der Waals surface area contributed by atoms with Crippen LogP contribution >= 0.6 is 0 Å². The Bertz CT molecular complexity index is 987. The van der Waals surface area contributed by atoms with E-state index >= 15 is 0 Å². The lowest BCUT2D eigenvalue weighted by atomic mass is 10.1. The normalized spacial score (nSPS) is 12.0. The Kier molecular flexibility index (Phi) is 4.04. The van der Waals surface area contributed by atoms with Gasteiger partial charge in [0.15, 0.2) is 5.82 Å². The molecule has 0 saturated carbocycles. The van der Waals surface area contributed by atoms with Gasteiger partial charge < -0.3 is 5.32 Å². The van der Waals surface area contributed by atoms with E-state index in [4.69, 9.17) is 9.97 Å². The van der Waals surface area contributed by atoms with Crippen molar-refractivity contribution in [3.05, 3.63) is 78.9 Å². The molecule has 0 spiro atoms. The maximum absolute atomic E-state index is 4.76. The number of hydrogen-bond acceptors (Lipinski definition) is 5. The van der Waals surface area contributed by atoms with Gasteiger partial charge in [0.25, 0.3) is 0 Å². The average molecular weight is 327 g/mol. The summed E-state index contributed by atoms with van der Waals surface area (Å²) in [6.45, 7) is 2.07. The van der Waals surface area contributed by atoms with E-state index in [2.05, 4.69) is 22.2 Å². The summed E-state index contributed by atoms with van der Waals surface area (Å²) in [4.78, 5) is 17.9. The van der Waals surface area contributed by atoms with Gasteiger partial charge in [0.2, 0.25) is 0 Å². The Morgan fingerprint density at radius 1 is 0.840 bits per heavy atom. The van der Waals surface area contributed by atoms with E-state index in [1.807, 2.05) is 54.6 Å². The Labute approximate surface area is 145 Å². The highest BCUT2D eigenvalue weighted by atomic mass is 15.1. The first kappa shape index (κ1) is 15.2. The molecule has 1 unspecified atom stereocenters. The van der Waals surface area contributed by atoms with Crippen LogP contribution in [0.4, 0.5) is 5.82 Å². The van der Waals surface area contributed by atoms with Crippen molar-refractivity contribution in [2.24, 2.45) is 0 Å². The molecule has 3 aromatic heterocycles. The molecule has 0 aliphatic rings. The zero-order chi connectivity index (χ0) is 17.1. The number of hydrogen-bond donors (Lipinski definition) is 1. The number of para-hydroxylation sites is 1. The molecule has 0 bridgehead atoms. The SMILES string of the molecule is CC(Nc1nc(-c2ccncc2)nc2ccccc12)c1ccccn1. The quantitative estimate of drug-likeness (QED) is 0.607. The first-order valence-corrected chi connectivity index (χ1v) is 8.16. The Balaban J connectivity index is 1.79. The molecular weight excluding hydrogens is 310 g/mol. The molecule has 0 radical (unpaired) electrons. The minimum atomic E-state index is 0.0322. The summed E-state index contributed by atoms with van der Waals surface area (Å²) in [6.07, 6.45) is 5.29. The molecule has 0 saturated heterocycles. The van der Waals surface area contributed by atoms with Crippen molar-refractivity contribution in [2.75, 3.05) is 5.32 Å². The predicted molar refractivity (Wildman–Crippen MR) is 99.0 cm³/mol. The number of pyridine rings is 2. The molecule has 0 aliphatic carbocycles. The molecule has 0 fully saturated rings. The van der Waals surface area contributed by atoms with Crippen LogP contribution in [0.5, 0.6) is 0 Å². The van der Waals surface area contributed by atoms with E-state index in [1.165, 1.54) is 0 Å². The maximum atomic E-state index is 4.76. The third-order valence-electron chi connectivity index (χ3n) is 4.03. The standard InChI is InChI=1S/C20H17N5/c1-14(17-7-4-5-11-22-17)23-20-16-6-2-3-8-18(16)24-19(25-20)15-9-12-21-13-10-15/h2-14H,1H3,(H,23,24,25). The van der Waals surface area contributed by atoms with Crippen molar-refractivity contribution in [2.45, 2.75) is 13.0 Å². The number of benzene rings is 1. The Hall–Kier alpha value is -3.34. The molecule has 122 valence electrons. The van der Waals surface area contributed by atoms with Gasteiger partial charge in [0.05, 0.1) is 17.3 Å². The van der Waals surface area contributed by atoms with Gasteiger partial charge in [-0.1, -0.05) is 18.2 Å². The predicted octanol–water partition coefficient (Wildman–Crippen LogP) is 4.26. The molecule has 0 aliphatic heterocycles. The highest BCUT2D eigenvalue weighted by Gasteiger charge is 2.13. The maximum Gasteiger partial charge on any atom is 0.162 e. The summed E-state index contributed by atoms with van der Waals surface area (Å²) in [5.41, 5.74) is 2.81. The molecule has 5 heteroatoms. The lowest BCUT2D eigenvalue weighted by Crippen LogP contribution is -2.10. The number of nitrogens with one attached hydrogen (secondary N) is 1. The number of nitrogens with zero attached hydrogens (tertiary/aromatic N) is 4. The first-order valence-electron chi connectivity index (χ1n) is 8.16. The second kappa shape index (κ2) is 6.65. The summed E-state index contributed by atoms with van der Waals surface area (Å²) in [5, 5.41) is 4.47. The zero-order valence-corrected chi connectivity index (χ0v) is 13.8. The average Bonchev–Trinajstić information content (AvgIpc) is 2.69. The minimum absolute atomic E-state index is 0.0322. The van der Waals surface area contributed by atoms with Crippen LogP contribution in [-0.4, -0.2) is 19.9 Å². The number of aromatic nitrogens is 4. The van der Waals surface area contributed by atoms with Crippen molar-refractivity contribution in [3.8, 4) is 11.4 Å². The summed E-state index contributed by atoms with van der Waals surface area (Å²) in [6, 6.07) is 17.8. The van der Waals surface area contributed by atoms with Crippen LogP contribution in [0, 0.1) is 0 Å². The van der Waals surface area contributed by atoms with Crippen LogP contribution in [0.25, 0.3) is 22.3 Å². The van der Waals surface area contributed by atoms with E-state index in [0.29, 0.717) is 5.82 Å². The third-order valence-corrected chi connectivity index (χ3v) is 4.03. The van der Waals surface area contributed by atoms with Crippen molar-refractivity contribution in [1.29, 1.82) is 0 Å². The largest absolute Gasteiger partial charge is 0.361 e.